The minimum atomic E-state index is -0.612. The van der Waals surface area contributed by atoms with Gasteiger partial charge in [0.25, 0.3) is 5.69 Å². The first-order valence-corrected chi connectivity index (χ1v) is 5.08. The average molecular weight is 241 g/mol. The van der Waals surface area contributed by atoms with E-state index in [1.54, 1.807) is 0 Å². The summed E-state index contributed by atoms with van der Waals surface area (Å²) in [4.78, 5) is 10.3. The number of aliphatic hydroxyl groups excluding tert-OH is 2. The van der Waals surface area contributed by atoms with Gasteiger partial charge in [0.15, 0.2) is 0 Å². The molecule has 7 heteroatoms. The number of hydrogen-bond acceptors (Lipinski definition) is 6. The highest BCUT2D eigenvalue weighted by molar-refractivity contribution is 5.79. The number of benzene rings is 1. The van der Waals surface area contributed by atoms with Crippen molar-refractivity contribution < 1.29 is 15.1 Å². The molecule has 17 heavy (non-hydrogen) atoms. The number of nitro groups is 1. The predicted molar refractivity (Wildman–Crippen MR) is 63.5 cm³/mol. The number of anilines is 2. The Balaban J connectivity index is 3.39. The average Bonchev–Trinajstić information content (AvgIpc) is 2.25. The molecule has 0 amide bonds. The number of nitrogen functional groups attached to an aromatic ring is 2. The number of nitrogens with zero attached hydrogens (tertiary/aromatic N) is 1. The van der Waals surface area contributed by atoms with Crippen molar-refractivity contribution in [3.8, 4) is 0 Å². The van der Waals surface area contributed by atoms with Crippen molar-refractivity contribution >= 4 is 17.1 Å². The predicted octanol–water partition coefficient (Wildman–Crippen LogP) is -0.171. The van der Waals surface area contributed by atoms with Gasteiger partial charge in [-0.2, -0.15) is 0 Å². The van der Waals surface area contributed by atoms with E-state index in [4.69, 9.17) is 21.7 Å². The maximum Gasteiger partial charge on any atom is 0.297 e. The van der Waals surface area contributed by atoms with Gasteiger partial charge in [0.1, 0.15) is 5.69 Å². The molecule has 0 atom stereocenters. The van der Waals surface area contributed by atoms with Crippen molar-refractivity contribution in [1.82, 2.24) is 0 Å². The van der Waals surface area contributed by atoms with Crippen LogP contribution in [0.4, 0.5) is 17.1 Å². The highest BCUT2D eigenvalue weighted by Gasteiger charge is 2.22. The van der Waals surface area contributed by atoms with Gasteiger partial charge in [0.2, 0.25) is 0 Å². The molecule has 0 saturated carbocycles. The highest BCUT2D eigenvalue weighted by Crippen LogP contribution is 2.34. The van der Waals surface area contributed by atoms with Crippen LogP contribution in [0.25, 0.3) is 0 Å². The smallest absolute Gasteiger partial charge is 0.297 e. The van der Waals surface area contributed by atoms with Crippen molar-refractivity contribution in [2.75, 3.05) is 24.7 Å². The lowest BCUT2D eigenvalue weighted by Gasteiger charge is -2.11. The Labute approximate surface area is 97.8 Å². The third-order valence-corrected chi connectivity index (χ3v) is 2.49. The Kier molecular flexibility index (Phi) is 4.24. The molecular formula is C10H15N3O4. The van der Waals surface area contributed by atoms with E-state index in [0.29, 0.717) is 11.1 Å². The minimum absolute atomic E-state index is 0.107. The summed E-state index contributed by atoms with van der Waals surface area (Å²) in [5.41, 5.74) is 11.9. The summed E-state index contributed by atoms with van der Waals surface area (Å²) in [5.74, 6) is 0. The van der Waals surface area contributed by atoms with Crippen LogP contribution in [0.3, 0.4) is 0 Å². The molecule has 0 aliphatic carbocycles. The van der Waals surface area contributed by atoms with Crippen LogP contribution >= 0.6 is 0 Å². The molecule has 0 aliphatic heterocycles. The molecule has 0 fully saturated rings. The standard InChI is InChI=1S/C10H15N3O4/c11-8-6(1-3-14)5-7(2-4-15)10(9(8)12)13(16)17/h5,14-15H,1-4,11-12H2. The zero-order valence-corrected chi connectivity index (χ0v) is 9.22. The van der Waals surface area contributed by atoms with E-state index in [-0.39, 0.29) is 43.1 Å². The highest BCUT2D eigenvalue weighted by atomic mass is 16.6. The second-order valence-corrected chi connectivity index (χ2v) is 3.58. The molecule has 0 bridgehead atoms. The summed E-state index contributed by atoms with van der Waals surface area (Å²) in [5, 5.41) is 28.6. The van der Waals surface area contributed by atoms with Gasteiger partial charge in [-0.3, -0.25) is 10.1 Å². The topological polar surface area (TPSA) is 136 Å². The molecule has 0 saturated heterocycles. The van der Waals surface area contributed by atoms with Gasteiger partial charge >= 0.3 is 0 Å². The van der Waals surface area contributed by atoms with E-state index in [9.17, 15) is 10.1 Å². The van der Waals surface area contributed by atoms with Crippen LogP contribution in [0.15, 0.2) is 6.07 Å². The monoisotopic (exact) mass is 241 g/mol. The van der Waals surface area contributed by atoms with Crippen molar-refractivity contribution in [3.05, 3.63) is 27.3 Å². The first kappa shape index (κ1) is 13.2. The molecular weight excluding hydrogens is 226 g/mol. The fourth-order valence-corrected chi connectivity index (χ4v) is 1.68. The number of aliphatic hydroxyl groups is 2. The molecule has 1 aromatic rings. The first-order chi connectivity index (χ1) is 8.02. The van der Waals surface area contributed by atoms with Crippen LogP contribution < -0.4 is 11.5 Å². The maximum atomic E-state index is 10.9. The third kappa shape index (κ3) is 2.63. The van der Waals surface area contributed by atoms with Gasteiger partial charge in [-0.15, -0.1) is 0 Å². The number of hydrogen-bond donors (Lipinski definition) is 4. The van der Waals surface area contributed by atoms with E-state index < -0.39 is 4.92 Å². The minimum Gasteiger partial charge on any atom is -0.397 e. The van der Waals surface area contributed by atoms with E-state index in [1.807, 2.05) is 0 Å². The van der Waals surface area contributed by atoms with Gasteiger partial charge in [0, 0.05) is 25.2 Å². The molecule has 1 rings (SSSR count). The lowest BCUT2D eigenvalue weighted by molar-refractivity contribution is -0.384. The van der Waals surface area contributed by atoms with Gasteiger partial charge in [-0.05, 0) is 18.1 Å². The molecule has 6 N–H and O–H groups in total. The fourth-order valence-electron chi connectivity index (χ4n) is 1.68. The van der Waals surface area contributed by atoms with Crippen molar-refractivity contribution in [3.63, 3.8) is 0 Å². The van der Waals surface area contributed by atoms with E-state index >= 15 is 0 Å². The number of nitro benzene ring substituents is 1. The number of nitrogens with two attached hydrogens (primary N) is 2. The first-order valence-electron chi connectivity index (χ1n) is 5.08. The van der Waals surface area contributed by atoms with Crippen LogP contribution in [0.5, 0.6) is 0 Å². The lowest BCUT2D eigenvalue weighted by atomic mass is 10.0. The quantitative estimate of drug-likeness (QED) is 0.321. The molecule has 1 aromatic carbocycles. The summed E-state index contributed by atoms with van der Waals surface area (Å²) in [6, 6.07) is 1.51. The molecule has 0 heterocycles. The van der Waals surface area contributed by atoms with Gasteiger partial charge in [0.05, 0.1) is 10.6 Å². The van der Waals surface area contributed by atoms with E-state index in [0.717, 1.165) is 0 Å². The Morgan fingerprint density at radius 2 is 1.65 bits per heavy atom. The lowest BCUT2D eigenvalue weighted by Crippen LogP contribution is -2.09. The van der Waals surface area contributed by atoms with E-state index in [2.05, 4.69) is 0 Å². The van der Waals surface area contributed by atoms with Crippen molar-refractivity contribution in [1.29, 1.82) is 0 Å². The summed E-state index contributed by atoms with van der Waals surface area (Å²) < 4.78 is 0. The van der Waals surface area contributed by atoms with Crippen LogP contribution in [-0.4, -0.2) is 28.4 Å². The van der Waals surface area contributed by atoms with Crippen LogP contribution in [0, 0.1) is 10.1 Å². The van der Waals surface area contributed by atoms with Crippen LogP contribution in [-0.2, 0) is 12.8 Å². The Morgan fingerprint density at radius 3 is 2.12 bits per heavy atom. The molecule has 0 spiro atoms. The SMILES string of the molecule is Nc1c(CCO)cc(CCO)c([N+](=O)[O-])c1N. The largest absolute Gasteiger partial charge is 0.397 e. The third-order valence-electron chi connectivity index (χ3n) is 2.49. The maximum absolute atomic E-state index is 10.9. The molecule has 0 radical (unpaired) electrons. The summed E-state index contributed by atoms with van der Waals surface area (Å²) in [6.07, 6.45) is 0.395. The zero-order valence-electron chi connectivity index (χ0n) is 9.22. The molecule has 0 aliphatic rings. The normalized spacial score (nSPS) is 10.5. The number of rotatable bonds is 5. The Morgan fingerprint density at radius 1 is 1.12 bits per heavy atom. The summed E-state index contributed by atoms with van der Waals surface area (Å²) in [7, 11) is 0. The van der Waals surface area contributed by atoms with Crippen molar-refractivity contribution in [2.24, 2.45) is 0 Å². The Bertz CT molecular complexity index is 434. The van der Waals surface area contributed by atoms with Crippen LogP contribution in [0.2, 0.25) is 0 Å². The summed E-state index contributed by atoms with van der Waals surface area (Å²) >= 11 is 0. The molecule has 7 nitrogen and oxygen atoms in total. The van der Waals surface area contributed by atoms with Crippen molar-refractivity contribution in [2.45, 2.75) is 12.8 Å². The molecule has 0 aromatic heterocycles. The Hall–Kier alpha value is -1.86. The summed E-state index contributed by atoms with van der Waals surface area (Å²) in [6.45, 7) is -0.344. The van der Waals surface area contributed by atoms with Gasteiger partial charge in [-0.1, -0.05) is 0 Å². The van der Waals surface area contributed by atoms with Gasteiger partial charge < -0.3 is 21.7 Å². The van der Waals surface area contributed by atoms with Gasteiger partial charge in [-0.25, -0.2) is 0 Å². The molecule has 94 valence electrons. The molecule has 0 unspecified atom stereocenters. The second-order valence-electron chi connectivity index (χ2n) is 3.58. The second kappa shape index (κ2) is 5.46. The van der Waals surface area contributed by atoms with Crippen LogP contribution in [0.1, 0.15) is 11.1 Å². The fraction of sp³-hybridized carbons (Fsp3) is 0.400. The van der Waals surface area contributed by atoms with E-state index in [1.165, 1.54) is 6.07 Å². The zero-order chi connectivity index (χ0) is 13.0.